The van der Waals surface area contributed by atoms with Gasteiger partial charge in [0.2, 0.25) is 5.91 Å². The first-order valence-corrected chi connectivity index (χ1v) is 6.41. The summed E-state index contributed by atoms with van der Waals surface area (Å²) in [6, 6.07) is 2.16. The number of benzene rings is 1. The second-order valence-electron chi connectivity index (χ2n) is 3.73. The van der Waals surface area contributed by atoms with Gasteiger partial charge in [-0.1, -0.05) is 23.2 Å². The Morgan fingerprint density at radius 3 is 2.58 bits per heavy atom. The van der Waals surface area contributed by atoms with Crippen molar-refractivity contribution in [3.8, 4) is 0 Å². The zero-order chi connectivity index (χ0) is 14.6. The van der Waals surface area contributed by atoms with Gasteiger partial charge in [0.15, 0.2) is 0 Å². The Labute approximate surface area is 125 Å². The zero-order valence-electron chi connectivity index (χ0n) is 9.85. The van der Waals surface area contributed by atoms with Crippen LogP contribution in [0.1, 0.15) is 12.5 Å². The van der Waals surface area contributed by atoms with Gasteiger partial charge in [0.1, 0.15) is 6.04 Å². The summed E-state index contributed by atoms with van der Waals surface area (Å²) in [7, 11) is 0. The molecule has 1 rings (SSSR count). The van der Waals surface area contributed by atoms with Gasteiger partial charge in [0.25, 0.3) is 0 Å². The molecule has 1 aromatic rings. The fourth-order valence-corrected chi connectivity index (χ4v) is 1.84. The number of hydrogen-bond donors (Lipinski definition) is 3. The Kier molecular flexibility index (Phi) is 5.72. The molecule has 0 spiro atoms. The molecule has 0 heterocycles. The van der Waals surface area contributed by atoms with Crippen LogP contribution in [0.2, 0.25) is 10.0 Å². The maximum absolute atomic E-state index is 11.4. The highest BCUT2D eigenvalue weighted by atomic mass is 35.5. The molecule has 19 heavy (non-hydrogen) atoms. The molecule has 4 nitrogen and oxygen atoms in total. The molecule has 0 saturated heterocycles. The van der Waals surface area contributed by atoms with E-state index in [1.54, 1.807) is 12.1 Å². The first kappa shape index (κ1) is 15.9. The Bertz CT molecular complexity index is 546. The minimum Gasteiger partial charge on any atom is -0.480 e. The molecule has 2 N–H and O–H groups in total. The van der Waals surface area contributed by atoms with Gasteiger partial charge in [-0.2, -0.15) is 0 Å². The summed E-state index contributed by atoms with van der Waals surface area (Å²) in [4.78, 5) is 22.5. The predicted octanol–water partition coefficient (Wildman–Crippen LogP) is 2.88. The summed E-state index contributed by atoms with van der Waals surface area (Å²) >= 11 is 15.9. The van der Waals surface area contributed by atoms with Crippen molar-refractivity contribution >= 4 is 53.8 Å². The molecule has 0 unspecified atom stereocenters. The number of nitrogens with one attached hydrogen (secondary N) is 1. The molecule has 0 aliphatic rings. The van der Waals surface area contributed by atoms with Gasteiger partial charge in [0.05, 0.1) is 5.02 Å². The number of carboxylic acid groups (broad SMARTS) is 1. The van der Waals surface area contributed by atoms with Gasteiger partial charge >= 0.3 is 5.97 Å². The van der Waals surface area contributed by atoms with E-state index in [1.807, 2.05) is 0 Å². The standard InChI is InChI=1S/C12H11Cl2NO3S/c1-6(12(17)18)15-11(16)3-2-7-4-9(14)10(19)5-8(7)13/h2-6,19H,1H3,(H,15,16)(H,17,18)/t6-/m1/s1. The Balaban J connectivity index is 2.79. The average Bonchev–Trinajstić information content (AvgIpc) is 2.32. The lowest BCUT2D eigenvalue weighted by Gasteiger charge is -2.06. The van der Waals surface area contributed by atoms with Crippen LogP contribution in [0.5, 0.6) is 0 Å². The van der Waals surface area contributed by atoms with Crippen LogP contribution in [-0.4, -0.2) is 23.0 Å². The summed E-state index contributed by atoms with van der Waals surface area (Å²) in [5, 5.41) is 11.7. The molecule has 0 radical (unpaired) electrons. The largest absolute Gasteiger partial charge is 0.480 e. The van der Waals surface area contributed by atoms with Crippen molar-refractivity contribution in [3.63, 3.8) is 0 Å². The third kappa shape index (κ3) is 4.78. The summed E-state index contributed by atoms with van der Waals surface area (Å²) in [5.41, 5.74) is 0.544. The number of carboxylic acids is 1. The topological polar surface area (TPSA) is 66.4 Å². The van der Waals surface area contributed by atoms with Crippen molar-refractivity contribution in [1.29, 1.82) is 0 Å². The van der Waals surface area contributed by atoms with E-state index in [0.29, 0.717) is 20.5 Å². The van der Waals surface area contributed by atoms with Crippen LogP contribution in [0.15, 0.2) is 23.1 Å². The van der Waals surface area contributed by atoms with Crippen LogP contribution < -0.4 is 5.32 Å². The van der Waals surface area contributed by atoms with Crippen LogP contribution in [0.4, 0.5) is 0 Å². The second kappa shape index (κ2) is 6.84. The average molecular weight is 320 g/mol. The number of halogens is 2. The van der Waals surface area contributed by atoms with E-state index in [1.165, 1.54) is 19.1 Å². The molecular formula is C12H11Cl2NO3S. The maximum Gasteiger partial charge on any atom is 0.325 e. The molecular weight excluding hydrogens is 309 g/mol. The molecule has 0 aliphatic heterocycles. The highest BCUT2D eigenvalue weighted by molar-refractivity contribution is 7.80. The van der Waals surface area contributed by atoms with Crippen molar-refractivity contribution in [2.75, 3.05) is 0 Å². The van der Waals surface area contributed by atoms with Crippen molar-refractivity contribution in [1.82, 2.24) is 5.32 Å². The molecule has 0 aliphatic carbocycles. The van der Waals surface area contributed by atoms with Crippen LogP contribution in [0, 0.1) is 0 Å². The lowest BCUT2D eigenvalue weighted by molar-refractivity contribution is -0.140. The fourth-order valence-electron chi connectivity index (χ4n) is 1.17. The van der Waals surface area contributed by atoms with Gasteiger partial charge in [-0.3, -0.25) is 9.59 Å². The van der Waals surface area contributed by atoms with Crippen molar-refractivity contribution in [2.45, 2.75) is 17.9 Å². The minimum atomic E-state index is -1.11. The number of carbonyl (C=O) groups is 2. The number of amides is 1. The zero-order valence-corrected chi connectivity index (χ0v) is 12.3. The number of aliphatic carboxylic acids is 1. The summed E-state index contributed by atoms with van der Waals surface area (Å²) < 4.78 is 0. The van der Waals surface area contributed by atoms with Crippen LogP contribution in [-0.2, 0) is 9.59 Å². The SMILES string of the molecule is C[C@@H](NC(=O)C=Cc1cc(Cl)c(S)cc1Cl)C(=O)O. The van der Waals surface area contributed by atoms with E-state index in [4.69, 9.17) is 28.3 Å². The monoisotopic (exact) mass is 319 g/mol. The number of thiol groups is 1. The van der Waals surface area contributed by atoms with E-state index < -0.39 is 17.9 Å². The normalized spacial score (nSPS) is 12.4. The first-order valence-electron chi connectivity index (χ1n) is 5.20. The predicted molar refractivity (Wildman–Crippen MR) is 78.0 cm³/mol. The highest BCUT2D eigenvalue weighted by Gasteiger charge is 2.11. The lowest BCUT2D eigenvalue weighted by atomic mass is 10.2. The van der Waals surface area contributed by atoms with Gasteiger partial charge in [-0.15, -0.1) is 12.6 Å². The van der Waals surface area contributed by atoms with Crippen molar-refractivity contribution < 1.29 is 14.7 Å². The Hall–Kier alpha value is -1.17. The third-order valence-electron chi connectivity index (χ3n) is 2.21. The summed E-state index contributed by atoms with van der Waals surface area (Å²) in [5.74, 6) is -1.64. The number of carbonyl (C=O) groups excluding carboxylic acids is 1. The lowest BCUT2D eigenvalue weighted by Crippen LogP contribution is -2.37. The molecule has 0 bridgehead atoms. The molecule has 0 fully saturated rings. The molecule has 102 valence electrons. The van der Waals surface area contributed by atoms with E-state index in [9.17, 15) is 9.59 Å². The Morgan fingerprint density at radius 2 is 2.00 bits per heavy atom. The highest BCUT2D eigenvalue weighted by Crippen LogP contribution is 2.28. The number of hydrogen-bond acceptors (Lipinski definition) is 3. The molecule has 1 amide bonds. The van der Waals surface area contributed by atoms with E-state index in [-0.39, 0.29) is 0 Å². The van der Waals surface area contributed by atoms with E-state index >= 15 is 0 Å². The van der Waals surface area contributed by atoms with Gasteiger partial charge in [0, 0.05) is 16.0 Å². The molecule has 0 saturated carbocycles. The molecule has 1 atom stereocenters. The van der Waals surface area contributed by atoms with Gasteiger partial charge < -0.3 is 10.4 Å². The quantitative estimate of drug-likeness (QED) is 0.590. The fraction of sp³-hybridized carbons (Fsp3) is 0.167. The minimum absolute atomic E-state index is 0.393. The second-order valence-corrected chi connectivity index (χ2v) is 5.02. The van der Waals surface area contributed by atoms with Gasteiger partial charge in [-0.05, 0) is 30.7 Å². The maximum atomic E-state index is 11.4. The van der Waals surface area contributed by atoms with Gasteiger partial charge in [-0.25, -0.2) is 0 Å². The molecule has 0 aromatic heterocycles. The van der Waals surface area contributed by atoms with Crippen LogP contribution in [0.3, 0.4) is 0 Å². The Morgan fingerprint density at radius 1 is 1.37 bits per heavy atom. The first-order chi connectivity index (χ1) is 8.81. The third-order valence-corrected chi connectivity index (χ3v) is 3.35. The molecule has 1 aromatic carbocycles. The smallest absolute Gasteiger partial charge is 0.325 e. The van der Waals surface area contributed by atoms with E-state index in [0.717, 1.165) is 0 Å². The molecule has 7 heteroatoms. The van der Waals surface area contributed by atoms with Crippen molar-refractivity contribution in [2.24, 2.45) is 0 Å². The van der Waals surface area contributed by atoms with Crippen molar-refractivity contribution in [3.05, 3.63) is 33.8 Å². The van der Waals surface area contributed by atoms with Crippen LogP contribution in [0.25, 0.3) is 6.08 Å². The summed E-state index contributed by atoms with van der Waals surface area (Å²) in [6.45, 7) is 1.37. The summed E-state index contributed by atoms with van der Waals surface area (Å²) in [6.07, 6.45) is 2.64. The van der Waals surface area contributed by atoms with E-state index in [2.05, 4.69) is 17.9 Å². The number of rotatable bonds is 4. The van der Waals surface area contributed by atoms with Crippen LogP contribution >= 0.6 is 35.8 Å².